The first kappa shape index (κ1) is 21.8. The van der Waals surface area contributed by atoms with Crippen molar-refractivity contribution in [2.75, 3.05) is 5.32 Å². The van der Waals surface area contributed by atoms with Crippen LogP contribution in [0.5, 0.6) is 0 Å². The van der Waals surface area contributed by atoms with Crippen molar-refractivity contribution in [2.45, 2.75) is 29.3 Å². The molecule has 0 heterocycles. The molecule has 7 heteroatoms. The fourth-order valence-corrected chi connectivity index (χ4v) is 3.77. The molecule has 0 amide bonds. The van der Waals surface area contributed by atoms with Gasteiger partial charge < -0.3 is 10.7 Å². The number of benzene rings is 3. The smallest absolute Gasteiger partial charge is 0.360 e. The summed E-state index contributed by atoms with van der Waals surface area (Å²) >= 11 is 1.37. The Hall–Kier alpha value is -2.90. The minimum atomic E-state index is -4.35. The number of aryl methyl sites for hydroxylation is 1. The van der Waals surface area contributed by atoms with Gasteiger partial charge in [0, 0.05) is 27.2 Å². The third-order valence-corrected chi connectivity index (χ3v) is 5.57. The number of halogens is 3. The van der Waals surface area contributed by atoms with Crippen molar-refractivity contribution in [2.24, 2.45) is 5.84 Å². The van der Waals surface area contributed by atoms with E-state index in [0.29, 0.717) is 10.6 Å². The molecule has 0 aliphatic carbocycles. The van der Waals surface area contributed by atoms with Gasteiger partial charge in [-0.1, -0.05) is 49.0 Å². The highest BCUT2D eigenvalue weighted by Gasteiger charge is 2.29. The van der Waals surface area contributed by atoms with Gasteiger partial charge in [-0.2, -0.15) is 13.2 Å². The fraction of sp³-hybridized carbons (Fsp3) is 0.130. The standard InChI is InChI=1S/C23H22F3N3S/c1-2-16-7-11-18(12-8-16)28-15-21(29-27)20-5-3-4-6-22(20)30-19-13-9-17(10-14-19)23(24,25)26/h3-15,28-29H,2,27H2,1H3/b21-15-. The molecule has 3 aromatic carbocycles. The van der Waals surface area contributed by atoms with E-state index < -0.39 is 11.7 Å². The zero-order chi connectivity index (χ0) is 21.6. The van der Waals surface area contributed by atoms with Crippen LogP contribution in [-0.2, 0) is 12.6 Å². The molecular weight excluding hydrogens is 407 g/mol. The van der Waals surface area contributed by atoms with Gasteiger partial charge in [-0.05, 0) is 54.4 Å². The molecule has 0 fully saturated rings. The van der Waals surface area contributed by atoms with Gasteiger partial charge in [0.2, 0.25) is 0 Å². The second-order valence-corrected chi connectivity index (χ2v) is 7.63. The summed E-state index contributed by atoms with van der Waals surface area (Å²) in [5.74, 6) is 5.75. The molecule has 0 spiro atoms. The van der Waals surface area contributed by atoms with Crippen LogP contribution >= 0.6 is 11.8 Å². The maximum absolute atomic E-state index is 12.8. The predicted octanol–water partition coefficient (Wildman–Crippen LogP) is 6.29. The predicted molar refractivity (Wildman–Crippen MR) is 117 cm³/mol. The lowest BCUT2D eigenvalue weighted by Gasteiger charge is -2.14. The molecule has 0 radical (unpaired) electrons. The average molecular weight is 430 g/mol. The second-order valence-electron chi connectivity index (χ2n) is 6.52. The number of hydrogen-bond donors (Lipinski definition) is 3. The molecule has 0 bridgehead atoms. The summed E-state index contributed by atoms with van der Waals surface area (Å²) in [5, 5.41) is 3.22. The van der Waals surface area contributed by atoms with E-state index in [4.69, 9.17) is 5.84 Å². The summed E-state index contributed by atoms with van der Waals surface area (Å²) in [7, 11) is 0. The lowest BCUT2D eigenvalue weighted by Crippen LogP contribution is -2.21. The average Bonchev–Trinajstić information content (AvgIpc) is 2.75. The molecule has 4 N–H and O–H groups in total. The number of alkyl halides is 3. The van der Waals surface area contributed by atoms with E-state index in [1.807, 2.05) is 36.4 Å². The molecule has 3 aromatic rings. The molecule has 156 valence electrons. The van der Waals surface area contributed by atoms with E-state index in [1.165, 1.54) is 29.5 Å². The van der Waals surface area contributed by atoms with Crippen LogP contribution in [0.15, 0.2) is 88.8 Å². The van der Waals surface area contributed by atoms with Gasteiger partial charge in [0.25, 0.3) is 0 Å². The summed E-state index contributed by atoms with van der Waals surface area (Å²) in [5.41, 5.74) is 5.71. The van der Waals surface area contributed by atoms with Crippen LogP contribution < -0.4 is 16.6 Å². The lowest BCUT2D eigenvalue weighted by atomic mass is 10.1. The highest BCUT2D eigenvalue weighted by Crippen LogP contribution is 2.35. The molecule has 0 aromatic heterocycles. The number of nitrogens with one attached hydrogen (secondary N) is 2. The fourth-order valence-electron chi connectivity index (χ4n) is 2.81. The van der Waals surface area contributed by atoms with Crippen molar-refractivity contribution in [3.05, 3.63) is 95.7 Å². The molecule has 3 nitrogen and oxygen atoms in total. The molecule has 0 atom stereocenters. The first-order valence-electron chi connectivity index (χ1n) is 9.37. The number of hydrogen-bond acceptors (Lipinski definition) is 4. The van der Waals surface area contributed by atoms with Crippen molar-refractivity contribution >= 4 is 23.1 Å². The quantitative estimate of drug-likeness (QED) is 0.305. The highest BCUT2D eigenvalue weighted by molar-refractivity contribution is 7.99. The maximum Gasteiger partial charge on any atom is 0.416 e. The molecule has 0 unspecified atom stereocenters. The van der Waals surface area contributed by atoms with Crippen LogP contribution in [0.25, 0.3) is 5.70 Å². The Kier molecular flexibility index (Phi) is 7.07. The normalized spacial score (nSPS) is 12.0. The zero-order valence-corrected chi connectivity index (χ0v) is 17.1. The van der Waals surface area contributed by atoms with E-state index in [0.717, 1.165) is 34.7 Å². The molecule has 3 rings (SSSR count). The Morgan fingerprint density at radius 3 is 2.23 bits per heavy atom. The number of nitrogens with two attached hydrogens (primary N) is 1. The minimum Gasteiger partial charge on any atom is -0.360 e. The van der Waals surface area contributed by atoms with E-state index in [1.54, 1.807) is 6.20 Å². The summed E-state index contributed by atoms with van der Waals surface area (Å²) < 4.78 is 38.4. The summed E-state index contributed by atoms with van der Waals surface area (Å²) in [6.07, 6.45) is -1.60. The van der Waals surface area contributed by atoms with Gasteiger partial charge in [-0.15, -0.1) is 0 Å². The molecule has 0 aliphatic rings. The van der Waals surface area contributed by atoms with Crippen LogP contribution in [0, 0.1) is 0 Å². The van der Waals surface area contributed by atoms with Gasteiger partial charge in [0.1, 0.15) is 0 Å². The van der Waals surface area contributed by atoms with Gasteiger partial charge in [-0.25, -0.2) is 0 Å². The molecule has 0 saturated carbocycles. The van der Waals surface area contributed by atoms with Crippen molar-refractivity contribution in [1.82, 2.24) is 5.43 Å². The van der Waals surface area contributed by atoms with E-state index >= 15 is 0 Å². The highest BCUT2D eigenvalue weighted by atomic mass is 32.2. The summed E-state index contributed by atoms with van der Waals surface area (Å²) in [4.78, 5) is 1.57. The third kappa shape index (κ3) is 5.58. The third-order valence-electron chi connectivity index (χ3n) is 4.49. The summed E-state index contributed by atoms with van der Waals surface area (Å²) in [6, 6.07) is 20.8. The number of rotatable bonds is 7. The van der Waals surface area contributed by atoms with Crippen LogP contribution in [0.3, 0.4) is 0 Å². The lowest BCUT2D eigenvalue weighted by molar-refractivity contribution is -0.137. The van der Waals surface area contributed by atoms with Gasteiger partial charge in [0.15, 0.2) is 0 Å². The first-order valence-corrected chi connectivity index (χ1v) is 10.2. The Morgan fingerprint density at radius 2 is 1.63 bits per heavy atom. The second kappa shape index (κ2) is 9.73. The Labute approximate surface area is 178 Å². The zero-order valence-electron chi connectivity index (χ0n) is 16.3. The van der Waals surface area contributed by atoms with Gasteiger partial charge in [-0.3, -0.25) is 5.84 Å². The topological polar surface area (TPSA) is 50.1 Å². The minimum absolute atomic E-state index is 0.657. The Balaban J connectivity index is 1.81. The Bertz CT molecular complexity index is 997. The largest absolute Gasteiger partial charge is 0.416 e. The van der Waals surface area contributed by atoms with Crippen molar-refractivity contribution in [3.63, 3.8) is 0 Å². The monoisotopic (exact) mass is 429 g/mol. The van der Waals surface area contributed by atoms with Crippen LogP contribution in [0.4, 0.5) is 18.9 Å². The van der Waals surface area contributed by atoms with Gasteiger partial charge in [0.05, 0.1) is 11.3 Å². The number of anilines is 1. The van der Waals surface area contributed by atoms with Crippen LogP contribution in [-0.4, -0.2) is 0 Å². The van der Waals surface area contributed by atoms with E-state index in [9.17, 15) is 13.2 Å². The number of hydrazine groups is 1. The van der Waals surface area contributed by atoms with Gasteiger partial charge >= 0.3 is 6.18 Å². The van der Waals surface area contributed by atoms with Crippen molar-refractivity contribution < 1.29 is 13.2 Å². The van der Waals surface area contributed by atoms with E-state index in [-0.39, 0.29) is 0 Å². The SMILES string of the molecule is CCc1ccc(N/C=C(\NN)c2ccccc2Sc2ccc(C(F)(F)F)cc2)cc1. The van der Waals surface area contributed by atoms with E-state index in [2.05, 4.69) is 29.8 Å². The van der Waals surface area contributed by atoms with Crippen LogP contribution in [0.2, 0.25) is 0 Å². The Morgan fingerprint density at radius 1 is 0.967 bits per heavy atom. The van der Waals surface area contributed by atoms with Crippen LogP contribution in [0.1, 0.15) is 23.6 Å². The molecule has 30 heavy (non-hydrogen) atoms. The maximum atomic E-state index is 12.8. The molecular formula is C23H22F3N3S. The van der Waals surface area contributed by atoms with Crippen molar-refractivity contribution in [1.29, 1.82) is 0 Å². The summed E-state index contributed by atoms with van der Waals surface area (Å²) in [6.45, 7) is 2.10. The molecule has 0 aliphatic heterocycles. The molecule has 0 saturated heterocycles. The van der Waals surface area contributed by atoms with Crippen molar-refractivity contribution in [3.8, 4) is 0 Å². The first-order chi connectivity index (χ1) is 14.4.